The molecule has 1 aliphatic heterocycles. The molecule has 11 rings (SSSR count). The molecule has 0 radical (unpaired) electrons. The number of benzene rings is 8. The number of anilines is 3. The normalized spacial score (nSPS) is 13.3. The summed E-state index contributed by atoms with van der Waals surface area (Å²) >= 11 is 0. The van der Waals surface area contributed by atoms with E-state index in [0.717, 1.165) is 22.5 Å². The van der Waals surface area contributed by atoms with Crippen molar-refractivity contribution in [2.45, 2.75) is 5.41 Å². The summed E-state index contributed by atoms with van der Waals surface area (Å²) in [5.74, 6) is 1.21. The third kappa shape index (κ3) is 4.34. The van der Waals surface area contributed by atoms with Gasteiger partial charge in [-0.2, -0.15) is 4.98 Å². The molecule has 0 spiro atoms. The molecular formula is C50H32N4. The molecule has 252 valence electrons. The van der Waals surface area contributed by atoms with Crippen LogP contribution in [0.25, 0.3) is 55.5 Å². The zero-order valence-corrected chi connectivity index (χ0v) is 29.3. The highest BCUT2D eigenvalue weighted by molar-refractivity contribution is 6.17. The molecule has 0 atom stereocenters. The molecule has 4 nitrogen and oxygen atoms in total. The summed E-state index contributed by atoms with van der Waals surface area (Å²) < 4.78 is 0. The predicted octanol–water partition coefficient (Wildman–Crippen LogP) is 12.2. The van der Waals surface area contributed by atoms with Crippen LogP contribution in [0.15, 0.2) is 194 Å². The first kappa shape index (κ1) is 30.5. The Balaban J connectivity index is 1.26. The Morgan fingerprint density at radius 3 is 1.76 bits per heavy atom. The minimum atomic E-state index is -0.549. The van der Waals surface area contributed by atoms with Crippen molar-refractivity contribution in [3.05, 3.63) is 217 Å². The van der Waals surface area contributed by atoms with Gasteiger partial charge in [-0.1, -0.05) is 170 Å². The molecule has 0 N–H and O–H groups in total. The van der Waals surface area contributed by atoms with Crippen molar-refractivity contribution in [2.75, 3.05) is 4.90 Å². The second-order valence-electron chi connectivity index (χ2n) is 14.0. The van der Waals surface area contributed by atoms with Gasteiger partial charge in [0.15, 0.2) is 5.82 Å². The first-order valence-corrected chi connectivity index (χ1v) is 18.4. The molecule has 0 saturated heterocycles. The molecule has 1 aliphatic carbocycles. The molecule has 54 heavy (non-hydrogen) atoms. The Morgan fingerprint density at radius 2 is 1.04 bits per heavy atom. The minimum absolute atomic E-state index is 0.549. The van der Waals surface area contributed by atoms with Gasteiger partial charge in [-0.15, -0.1) is 0 Å². The van der Waals surface area contributed by atoms with Crippen LogP contribution in [0.4, 0.5) is 17.3 Å². The van der Waals surface area contributed by atoms with Crippen molar-refractivity contribution in [1.29, 1.82) is 0 Å². The Morgan fingerprint density at radius 1 is 0.407 bits per heavy atom. The molecule has 8 aromatic carbocycles. The van der Waals surface area contributed by atoms with E-state index < -0.39 is 5.41 Å². The van der Waals surface area contributed by atoms with Crippen LogP contribution in [-0.2, 0) is 5.41 Å². The number of rotatable bonds is 5. The summed E-state index contributed by atoms with van der Waals surface area (Å²) in [7, 11) is 0. The summed E-state index contributed by atoms with van der Waals surface area (Å²) in [6, 6.07) is 67.7. The smallest absolute Gasteiger partial charge is 0.238 e. The van der Waals surface area contributed by atoms with Crippen LogP contribution < -0.4 is 4.90 Å². The third-order valence-corrected chi connectivity index (χ3v) is 11.2. The summed E-state index contributed by atoms with van der Waals surface area (Å²) in [4.78, 5) is 17.0. The molecule has 2 heterocycles. The maximum Gasteiger partial charge on any atom is 0.238 e. The van der Waals surface area contributed by atoms with E-state index in [1.807, 2.05) is 30.3 Å². The zero-order chi connectivity index (χ0) is 35.6. The van der Waals surface area contributed by atoms with E-state index in [4.69, 9.17) is 9.97 Å². The Hall–Kier alpha value is -7.17. The van der Waals surface area contributed by atoms with Gasteiger partial charge in [0.25, 0.3) is 0 Å². The van der Waals surface area contributed by atoms with E-state index in [-0.39, 0.29) is 0 Å². The van der Waals surface area contributed by atoms with Crippen LogP contribution in [0.3, 0.4) is 0 Å². The summed E-state index contributed by atoms with van der Waals surface area (Å²) in [6.07, 6.45) is 1.64. The van der Waals surface area contributed by atoms with E-state index in [9.17, 15) is 0 Å². The van der Waals surface area contributed by atoms with Crippen molar-refractivity contribution in [1.82, 2.24) is 15.0 Å². The van der Waals surface area contributed by atoms with Gasteiger partial charge in [0.05, 0.1) is 16.8 Å². The molecule has 0 saturated carbocycles. The SMILES string of the molecule is c1ccc(-c2ncnc(N3c4cc5c(cc4-c4cccc6c(-c7ccccc7)ccc3c46)-c3ccccc3C5(c3ccccc3)c3ccccc3)n2)cc1. The van der Waals surface area contributed by atoms with E-state index in [1.165, 1.54) is 60.8 Å². The molecular weight excluding hydrogens is 657 g/mol. The highest BCUT2D eigenvalue weighted by Crippen LogP contribution is 2.60. The lowest BCUT2D eigenvalue weighted by Gasteiger charge is -2.36. The summed E-state index contributed by atoms with van der Waals surface area (Å²) in [5.41, 5.74) is 14.6. The molecule has 0 bridgehead atoms. The Labute approximate surface area is 313 Å². The molecule has 1 aromatic heterocycles. The highest BCUT2D eigenvalue weighted by atomic mass is 15.3. The van der Waals surface area contributed by atoms with Crippen LogP contribution in [0, 0.1) is 0 Å². The fourth-order valence-corrected chi connectivity index (χ4v) is 9.01. The Bertz CT molecular complexity index is 2830. The number of nitrogens with zero attached hydrogens (tertiary/aromatic N) is 4. The van der Waals surface area contributed by atoms with Crippen molar-refractivity contribution in [2.24, 2.45) is 0 Å². The van der Waals surface area contributed by atoms with Crippen molar-refractivity contribution < 1.29 is 0 Å². The quantitative estimate of drug-likeness (QED) is 0.180. The van der Waals surface area contributed by atoms with E-state index in [2.05, 4.69) is 168 Å². The number of aromatic nitrogens is 3. The maximum atomic E-state index is 5.20. The van der Waals surface area contributed by atoms with Gasteiger partial charge < -0.3 is 0 Å². The van der Waals surface area contributed by atoms with Crippen LogP contribution in [-0.4, -0.2) is 15.0 Å². The van der Waals surface area contributed by atoms with Gasteiger partial charge in [0, 0.05) is 16.5 Å². The Kier molecular flexibility index (Phi) is 6.73. The maximum absolute atomic E-state index is 5.20. The molecule has 0 fully saturated rings. The molecule has 2 aliphatic rings. The standard InChI is InChI=1S/C50H32N4/c1-5-16-33(17-6-1)37-28-29-45-47-39(37)25-15-26-40(47)42-30-41-38-24-13-14-27-43(38)50(35-20-9-3-10-21-35,36-22-11-4-12-23-36)44(41)31-46(42)54(45)49-52-32-51-48(53-49)34-18-7-2-8-19-34/h1-32H. The summed E-state index contributed by atoms with van der Waals surface area (Å²) in [5, 5.41) is 2.37. The van der Waals surface area contributed by atoms with Gasteiger partial charge >= 0.3 is 0 Å². The lowest BCUT2D eigenvalue weighted by Crippen LogP contribution is -2.29. The molecule has 0 amide bonds. The molecule has 4 heteroatoms. The zero-order valence-electron chi connectivity index (χ0n) is 29.3. The van der Waals surface area contributed by atoms with Crippen LogP contribution >= 0.6 is 0 Å². The van der Waals surface area contributed by atoms with E-state index in [1.54, 1.807) is 6.33 Å². The van der Waals surface area contributed by atoms with Gasteiger partial charge in [0.1, 0.15) is 6.33 Å². The topological polar surface area (TPSA) is 41.9 Å². The number of hydrogen-bond donors (Lipinski definition) is 0. The predicted molar refractivity (Wildman–Crippen MR) is 219 cm³/mol. The van der Waals surface area contributed by atoms with Crippen molar-refractivity contribution in [3.8, 4) is 44.8 Å². The highest BCUT2D eigenvalue weighted by Gasteiger charge is 2.47. The van der Waals surface area contributed by atoms with E-state index >= 15 is 0 Å². The average Bonchev–Trinajstić information content (AvgIpc) is 3.54. The van der Waals surface area contributed by atoms with Crippen molar-refractivity contribution >= 4 is 28.1 Å². The molecule has 0 unspecified atom stereocenters. The lowest BCUT2D eigenvalue weighted by molar-refractivity contribution is 0.768. The van der Waals surface area contributed by atoms with Gasteiger partial charge in [-0.05, 0) is 73.7 Å². The van der Waals surface area contributed by atoms with Crippen LogP contribution in [0.1, 0.15) is 22.3 Å². The number of fused-ring (bicyclic) bond motifs is 5. The fraction of sp³-hybridized carbons (Fsp3) is 0.0200. The van der Waals surface area contributed by atoms with Gasteiger partial charge in [-0.25, -0.2) is 9.97 Å². The second kappa shape index (κ2) is 11.9. The lowest BCUT2D eigenvalue weighted by atomic mass is 9.67. The van der Waals surface area contributed by atoms with Gasteiger partial charge in [0.2, 0.25) is 5.95 Å². The van der Waals surface area contributed by atoms with Gasteiger partial charge in [-0.3, -0.25) is 4.90 Å². The van der Waals surface area contributed by atoms with Crippen molar-refractivity contribution in [3.63, 3.8) is 0 Å². The largest absolute Gasteiger partial charge is 0.278 e. The van der Waals surface area contributed by atoms with E-state index in [0.29, 0.717) is 11.8 Å². The summed E-state index contributed by atoms with van der Waals surface area (Å²) in [6.45, 7) is 0. The van der Waals surface area contributed by atoms with Crippen LogP contribution in [0.5, 0.6) is 0 Å². The monoisotopic (exact) mass is 688 g/mol. The third-order valence-electron chi connectivity index (χ3n) is 11.2. The second-order valence-corrected chi connectivity index (χ2v) is 14.0. The number of hydrogen-bond acceptors (Lipinski definition) is 4. The molecule has 9 aromatic rings. The average molecular weight is 689 g/mol. The minimum Gasteiger partial charge on any atom is -0.278 e. The first-order chi connectivity index (χ1) is 26.8. The first-order valence-electron chi connectivity index (χ1n) is 18.4. The fourth-order valence-electron chi connectivity index (χ4n) is 9.01. The van der Waals surface area contributed by atoms with Crippen LogP contribution in [0.2, 0.25) is 0 Å².